The van der Waals surface area contributed by atoms with Crippen molar-refractivity contribution in [3.63, 3.8) is 0 Å². The van der Waals surface area contributed by atoms with Gasteiger partial charge in [0.15, 0.2) is 11.5 Å². The maximum atomic E-state index is 13.2. The van der Waals surface area contributed by atoms with Gasteiger partial charge in [-0.1, -0.05) is 30.3 Å². The largest absolute Gasteiger partial charge is 0.353 e. The third kappa shape index (κ3) is 5.22. The SMILES string of the molecule is CCn1c(=O)c(N2CCC[C@H](C(=O)NC3CCN(Cc4ccccc4)CC3)C2)nc2cccnc21. The first-order valence-corrected chi connectivity index (χ1v) is 12.8. The minimum Gasteiger partial charge on any atom is -0.353 e. The summed E-state index contributed by atoms with van der Waals surface area (Å²) in [6, 6.07) is 14.5. The number of rotatable bonds is 6. The van der Waals surface area contributed by atoms with E-state index in [2.05, 4.69) is 44.5 Å². The van der Waals surface area contributed by atoms with E-state index in [0.717, 1.165) is 51.9 Å². The van der Waals surface area contributed by atoms with Gasteiger partial charge in [-0.05, 0) is 50.3 Å². The van der Waals surface area contributed by atoms with Gasteiger partial charge in [0.2, 0.25) is 5.91 Å². The van der Waals surface area contributed by atoms with Crippen LogP contribution in [0.15, 0.2) is 53.5 Å². The molecule has 0 spiro atoms. The zero-order valence-electron chi connectivity index (χ0n) is 20.4. The lowest BCUT2D eigenvalue weighted by Crippen LogP contribution is -2.50. The monoisotopic (exact) mass is 474 g/mol. The molecule has 0 bridgehead atoms. The maximum absolute atomic E-state index is 13.2. The summed E-state index contributed by atoms with van der Waals surface area (Å²) in [5.41, 5.74) is 2.51. The van der Waals surface area contributed by atoms with Crippen LogP contribution in [-0.4, -0.2) is 57.6 Å². The maximum Gasteiger partial charge on any atom is 0.295 e. The molecule has 1 aromatic carbocycles. The van der Waals surface area contributed by atoms with E-state index in [4.69, 9.17) is 0 Å². The molecule has 0 unspecified atom stereocenters. The number of nitrogens with zero attached hydrogens (tertiary/aromatic N) is 5. The van der Waals surface area contributed by atoms with Crippen molar-refractivity contribution in [1.29, 1.82) is 0 Å². The summed E-state index contributed by atoms with van der Waals surface area (Å²) < 4.78 is 1.67. The van der Waals surface area contributed by atoms with Crippen LogP contribution in [0.5, 0.6) is 0 Å². The second kappa shape index (κ2) is 10.6. The highest BCUT2D eigenvalue weighted by molar-refractivity contribution is 5.80. The summed E-state index contributed by atoms with van der Waals surface area (Å²) in [5, 5.41) is 3.31. The van der Waals surface area contributed by atoms with Crippen molar-refractivity contribution < 1.29 is 4.79 Å². The summed E-state index contributed by atoms with van der Waals surface area (Å²) in [4.78, 5) is 39.8. The molecule has 2 aromatic heterocycles. The number of piperidine rings is 2. The van der Waals surface area contributed by atoms with Gasteiger partial charge in [-0.2, -0.15) is 0 Å². The lowest BCUT2D eigenvalue weighted by atomic mass is 9.95. The van der Waals surface area contributed by atoms with E-state index in [1.165, 1.54) is 5.56 Å². The second-order valence-electron chi connectivity index (χ2n) is 9.66. The van der Waals surface area contributed by atoms with E-state index in [9.17, 15) is 9.59 Å². The normalized spacial score (nSPS) is 19.7. The van der Waals surface area contributed by atoms with Crippen molar-refractivity contribution >= 4 is 22.9 Å². The van der Waals surface area contributed by atoms with Crippen LogP contribution in [0.1, 0.15) is 38.2 Å². The predicted molar refractivity (Wildman–Crippen MR) is 137 cm³/mol. The molecular weight excluding hydrogens is 440 g/mol. The summed E-state index contributed by atoms with van der Waals surface area (Å²) in [5.74, 6) is 0.403. The van der Waals surface area contributed by atoms with Crippen LogP contribution < -0.4 is 15.8 Å². The topological polar surface area (TPSA) is 83.4 Å². The number of likely N-dealkylation sites (tertiary alicyclic amines) is 1. The molecule has 3 aromatic rings. The summed E-state index contributed by atoms with van der Waals surface area (Å²) in [6.07, 6.45) is 5.33. The molecule has 2 aliphatic heterocycles. The van der Waals surface area contributed by atoms with Gasteiger partial charge in [-0.25, -0.2) is 9.97 Å². The van der Waals surface area contributed by atoms with Gasteiger partial charge in [-0.15, -0.1) is 0 Å². The van der Waals surface area contributed by atoms with Crippen LogP contribution in [0.25, 0.3) is 11.2 Å². The van der Waals surface area contributed by atoms with E-state index < -0.39 is 0 Å². The van der Waals surface area contributed by atoms with Gasteiger partial charge in [0.05, 0.1) is 5.92 Å². The number of aryl methyl sites for hydroxylation is 1. The molecule has 8 heteroatoms. The molecule has 184 valence electrons. The van der Waals surface area contributed by atoms with Crippen molar-refractivity contribution in [1.82, 2.24) is 24.8 Å². The number of aromatic nitrogens is 3. The van der Waals surface area contributed by atoms with Crippen LogP contribution in [0.4, 0.5) is 5.82 Å². The number of benzene rings is 1. The Morgan fingerprint density at radius 3 is 2.63 bits per heavy atom. The highest BCUT2D eigenvalue weighted by Gasteiger charge is 2.30. The Labute approximate surface area is 206 Å². The molecule has 2 saturated heterocycles. The summed E-state index contributed by atoms with van der Waals surface area (Å²) in [7, 11) is 0. The van der Waals surface area contributed by atoms with Gasteiger partial charge in [0.25, 0.3) is 5.56 Å². The van der Waals surface area contributed by atoms with Crippen molar-refractivity contribution in [2.24, 2.45) is 5.92 Å². The molecule has 1 N–H and O–H groups in total. The molecule has 0 aliphatic carbocycles. The number of hydrogen-bond acceptors (Lipinski definition) is 6. The Bertz CT molecular complexity index is 1220. The average Bonchev–Trinajstić information content (AvgIpc) is 2.90. The standard InChI is InChI=1S/C27H34N6O2/c1-2-33-24-23(11-6-14-28-24)30-25(27(33)35)32-15-7-10-21(19-32)26(34)29-22-12-16-31(17-13-22)18-20-8-4-3-5-9-20/h3-6,8-9,11,14,21-22H,2,7,10,12-13,15-19H2,1H3,(H,29,34)/t21-/m0/s1. The number of hydrogen-bond donors (Lipinski definition) is 1. The van der Waals surface area contributed by atoms with E-state index in [1.807, 2.05) is 30.0 Å². The minimum atomic E-state index is -0.134. The van der Waals surface area contributed by atoms with Crippen LogP contribution in [0.3, 0.4) is 0 Å². The number of carbonyl (C=O) groups is 1. The first kappa shape index (κ1) is 23.5. The highest BCUT2D eigenvalue weighted by Crippen LogP contribution is 2.22. The molecule has 1 atom stereocenters. The van der Waals surface area contributed by atoms with Gasteiger partial charge in [-0.3, -0.25) is 19.1 Å². The Morgan fingerprint density at radius 2 is 1.86 bits per heavy atom. The van der Waals surface area contributed by atoms with Crippen LogP contribution in [0, 0.1) is 5.92 Å². The van der Waals surface area contributed by atoms with E-state index >= 15 is 0 Å². The quantitative estimate of drug-likeness (QED) is 0.592. The third-order valence-corrected chi connectivity index (χ3v) is 7.28. The molecule has 0 saturated carbocycles. The molecule has 35 heavy (non-hydrogen) atoms. The highest BCUT2D eigenvalue weighted by atomic mass is 16.2. The van der Waals surface area contributed by atoms with Crippen molar-refractivity contribution in [2.45, 2.75) is 51.7 Å². The van der Waals surface area contributed by atoms with Crippen molar-refractivity contribution in [2.75, 3.05) is 31.1 Å². The van der Waals surface area contributed by atoms with Gasteiger partial charge in [0, 0.05) is 51.5 Å². The molecule has 1 amide bonds. The predicted octanol–water partition coefficient (Wildman–Crippen LogP) is 2.81. The zero-order valence-corrected chi connectivity index (χ0v) is 20.4. The number of pyridine rings is 1. The van der Waals surface area contributed by atoms with Gasteiger partial charge < -0.3 is 10.2 Å². The fraction of sp³-hybridized carbons (Fsp3) is 0.481. The Hall–Kier alpha value is -3.26. The first-order valence-electron chi connectivity index (χ1n) is 12.8. The number of carbonyl (C=O) groups excluding carboxylic acids is 1. The van der Waals surface area contributed by atoms with Crippen LogP contribution in [0.2, 0.25) is 0 Å². The van der Waals surface area contributed by atoms with Gasteiger partial charge >= 0.3 is 0 Å². The summed E-state index contributed by atoms with van der Waals surface area (Å²) in [6.45, 7) is 6.67. The zero-order chi connectivity index (χ0) is 24.2. The lowest BCUT2D eigenvalue weighted by Gasteiger charge is -2.35. The Balaban J connectivity index is 1.20. The van der Waals surface area contributed by atoms with Crippen LogP contribution >= 0.6 is 0 Å². The van der Waals surface area contributed by atoms with E-state index in [-0.39, 0.29) is 23.4 Å². The van der Waals surface area contributed by atoms with Crippen LogP contribution in [-0.2, 0) is 17.9 Å². The molecule has 2 fully saturated rings. The van der Waals surface area contributed by atoms with Gasteiger partial charge in [0.1, 0.15) is 5.52 Å². The average molecular weight is 475 g/mol. The molecule has 2 aliphatic rings. The number of anilines is 1. The Morgan fingerprint density at radius 1 is 1.06 bits per heavy atom. The number of fused-ring (bicyclic) bond motifs is 1. The van der Waals surface area contributed by atoms with E-state index in [1.54, 1.807) is 10.8 Å². The van der Waals surface area contributed by atoms with E-state index in [0.29, 0.717) is 30.1 Å². The molecule has 8 nitrogen and oxygen atoms in total. The van der Waals surface area contributed by atoms with Crippen molar-refractivity contribution in [3.8, 4) is 0 Å². The van der Waals surface area contributed by atoms with Crippen molar-refractivity contribution in [3.05, 3.63) is 64.6 Å². The summed E-state index contributed by atoms with van der Waals surface area (Å²) >= 11 is 0. The fourth-order valence-corrected chi connectivity index (χ4v) is 5.34. The first-order chi connectivity index (χ1) is 17.1. The molecule has 5 rings (SSSR count). The molecule has 0 radical (unpaired) electrons. The molecular formula is C27H34N6O2. The number of amides is 1. The fourth-order valence-electron chi connectivity index (χ4n) is 5.34. The Kier molecular flexibility index (Phi) is 7.08. The molecule has 4 heterocycles. The third-order valence-electron chi connectivity index (χ3n) is 7.28. The smallest absolute Gasteiger partial charge is 0.295 e. The minimum absolute atomic E-state index is 0.106. The second-order valence-corrected chi connectivity index (χ2v) is 9.66. The number of nitrogens with one attached hydrogen (secondary N) is 1. The lowest BCUT2D eigenvalue weighted by molar-refractivity contribution is -0.126.